The van der Waals surface area contributed by atoms with E-state index in [0.29, 0.717) is 19.6 Å². The van der Waals surface area contributed by atoms with Crippen molar-refractivity contribution in [1.82, 2.24) is 0 Å². The zero-order valence-corrected chi connectivity index (χ0v) is 28.8. The molecule has 0 rings (SSSR count). The van der Waals surface area contributed by atoms with Crippen LogP contribution in [0.25, 0.3) is 0 Å². The lowest BCUT2D eigenvalue weighted by Gasteiger charge is -2.33. The van der Waals surface area contributed by atoms with Crippen LogP contribution in [0, 0.1) is 17.6 Å². The Morgan fingerprint density at radius 1 is 0.660 bits per heavy atom. The molecule has 9 atom stereocenters. The molecule has 9 unspecified atom stereocenters. The Morgan fingerprint density at radius 2 is 1.02 bits per heavy atom. The van der Waals surface area contributed by atoms with Crippen molar-refractivity contribution in [2.24, 2.45) is 10.8 Å². The number of carbonyl (C=O) groups excluding carboxylic acids is 1. The minimum absolute atomic E-state index is 0.0237. The third-order valence-electron chi connectivity index (χ3n) is 6.88. The van der Waals surface area contributed by atoms with Gasteiger partial charge in [-0.1, -0.05) is 41.5 Å². The largest absolute Gasteiger partial charge is 0.757 e. The van der Waals surface area contributed by atoms with E-state index in [-0.39, 0.29) is 42.9 Å². The number of hydrogen-bond acceptors (Lipinski definition) is 16. The van der Waals surface area contributed by atoms with E-state index in [1.807, 2.05) is 41.5 Å². The van der Waals surface area contributed by atoms with Crippen LogP contribution in [0.3, 0.4) is 0 Å². The lowest BCUT2D eigenvalue weighted by Crippen LogP contribution is -2.34. The standard InChI is InChI=1S/C29H57O17S/c1-28(2,3)15-22(34)13-24(42-17-43-37)9-18(30)7-20(32)11-26(46-47(39,40)41)12-21(33)8-19(31)10-25(44-27(36)45-38)14-23(35)16-29(4,5)6/h17-26,30-35,37-38H,7-16H2,1-6H3,(H,39,40,41)/q-1/p-1. The number of aliphatic hydroxyl groups excluding tert-OH is 6. The van der Waals surface area contributed by atoms with Gasteiger partial charge in [-0.25, -0.2) is 8.98 Å². The summed E-state index contributed by atoms with van der Waals surface area (Å²) >= 11 is 0. The summed E-state index contributed by atoms with van der Waals surface area (Å²) in [6.07, 6.45) is -14.0. The molecular formula is C29H56O17S-2. The summed E-state index contributed by atoms with van der Waals surface area (Å²) in [5, 5.41) is 81.9. The van der Waals surface area contributed by atoms with Crippen molar-refractivity contribution in [3.05, 3.63) is 6.79 Å². The number of ether oxygens (including phenoxy) is 2. The van der Waals surface area contributed by atoms with Crippen LogP contribution < -0.4 is 5.26 Å². The normalized spacial score (nSPS) is 18.8. The highest BCUT2D eigenvalue weighted by Gasteiger charge is 2.30. The van der Waals surface area contributed by atoms with E-state index in [4.69, 9.17) is 14.7 Å². The molecule has 47 heavy (non-hydrogen) atoms. The molecule has 0 spiro atoms. The first-order valence-corrected chi connectivity index (χ1v) is 16.8. The summed E-state index contributed by atoms with van der Waals surface area (Å²) in [5.74, 6) is 0. The predicted octanol–water partition coefficient (Wildman–Crippen LogP) is 1.12. The van der Waals surface area contributed by atoms with Crippen LogP contribution in [0.4, 0.5) is 4.79 Å². The summed E-state index contributed by atoms with van der Waals surface area (Å²) in [6, 6.07) is 0. The second-order valence-electron chi connectivity index (χ2n) is 14.5. The molecule has 0 radical (unpaired) electrons. The van der Waals surface area contributed by atoms with Crippen LogP contribution in [0.1, 0.15) is 106 Å². The van der Waals surface area contributed by atoms with Gasteiger partial charge >= 0.3 is 16.6 Å². The number of rotatable bonds is 24. The molecule has 0 bridgehead atoms. The van der Waals surface area contributed by atoms with Crippen molar-refractivity contribution < 1.29 is 82.4 Å². The average molecular weight is 709 g/mol. The van der Waals surface area contributed by atoms with Gasteiger partial charge in [0.1, 0.15) is 6.10 Å². The van der Waals surface area contributed by atoms with Gasteiger partial charge < -0.3 is 50.3 Å². The highest BCUT2D eigenvalue weighted by molar-refractivity contribution is 7.80. The van der Waals surface area contributed by atoms with E-state index in [0.717, 1.165) is 0 Å². The Kier molecular flexibility index (Phi) is 21.2. The summed E-state index contributed by atoms with van der Waals surface area (Å²) in [7, 11) is -5.06. The van der Waals surface area contributed by atoms with Gasteiger partial charge in [0.05, 0.1) is 42.7 Å². The maximum atomic E-state index is 11.5. The molecule has 282 valence electrons. The Bertz CT molecular complexity index is 951. The SMILES string of the molecule is CC(C)(C)CC(O)CC(CC(O)CC(O)CC(CC(O)CC(O)CC(CC(O)CC(C)(C)C)OC(=O)OO)OS(=O)(=O)O)O[CH-]O[O-]. The molecule has 18 heteroatoms. The number of carbonyl (C=O) groups is 1. The first-order valence-electron chi connectivity index (χ1n) is 15.4. The lowest BCUT2D eigenvalue weighted by molar-refractivity contribution is -0.685. The fourth-order valence-electron chi connectivity index (χ4n) is 5.42. The van der Waals surface area contributed by atoms with E-state index in [1.165, 1.54) is 0 Å². The molecule has 0 heterocycles. The monoisotopic (exact) mass is 708 g/mol. The molecule has 0 aliphatic heterocycles. The van der Waals surface area contributed by atoms with Gasteiger partial charge in [0.2, 0.25) is 0 Å². The fourth-order valence-corrected chi connectivity index (χ4v) is 5.92. The van der Waals surface area contributed by atoms with Gasteiger partial charge in [-0.15, -0.1) is 6.79 Å². The molecule has 0 aromatic heterocycles. The summed E-state index contributed by atoms with van der Waals surface area (Å²) in [4.78, 5) is 18.5. The molecule has 17 nitrogen and oxygen atoms in total. The topological polar surface area (TPSA) is 282 Å². The van der Waals surface area contributed by atoms with Gasteiger partial charge in [-0.2, -0.15) is 13.7 Å². The van der Waals surface area contributed by atoms with Crippen molar-refractivity contribution >= 4 is 16.6 Å². The van der Waals surface area contributed by atoms with Gasteiger partial charge in [0.25, 0.3) is 0 Å². The van der Waals surface area contributed by atoms with Crippen LogP contribution in [0.15, 0.2) is 0 Å². The van der Waals surface area contributed by atoms with Crippen molar-refractivity contribution in [3.8, 4) is 0 Å². The molecule has 0 aliphatic rings. The van der Waals surface area contributed by atoms with Gasteiger partial charge in [0.15, 0.2) is 0 Å². The molecular weight excluding hydrogens is 652 g/mol. The summed E-state index contributed by atoms with van der Waals surface area (Å²) < 4.78 is 46.8. The smallest absolute Gasteiger partial charge is 0.540 e. The number of hydrogen-bond donors (Lipinski definition) is 8. The summed E-state index contributed by atoms with van der Waals surface area (Å²) in [6.45, 7) is 11.9. The Hall–Kier alpha value is -1.26. The molecule has 8 N–H and O–H groups in total. The third kappa shape index (κ3) is 26.3. The highest BCUT2D eigenvalue weighted by atomic mass is 32.3. The van der Waals surface area contributed by atoms with Gasteiger partial charge in [-0.05, 0) is 49.4 Å². The molecule has 0 aromatic rings. The zero-order valence-electron chi connectivity index (χ0n) is 28.0. The van der Waals surface area contributed by atoms with E-state index in [2.05, 4.69) is 14.0 Å². The van der Waals surface area contributed by atoms with Crippen molar-refractivity contribution in [2.45, 2.75) is 161 Å². The average Bonchev–Trinajstić information content (AvgIpc) is 2.83. The Morgan fingerprint density at radius 3 is 1.38 bits per heavy atom. The van der Waals surface area contributed by atoms with E-state index in [1.54, 1.807) is 0 Å². The van der Waals surface area contributed by atoms with Crippen molar-refractivity contribution in [3.63, 3.8) is 0 Å². The maximum Gasteiger partial charge on any atom is 0.540 e. The van der Waals surface area contributed by atoms with Crippen LogP contribution >= 0.6 is 0 Å². The van der Waals surface area contributed by atoms with Gasteiger partial charge in [0, 0.05) is 31.8 Å². The van der Waals surface area contributed by atoms with Crippen LogP contribution in [-0.2, 0) is 33.8 Å². The molecule has 0 saturated heterocycles. The highest BCUT2D eigenvalue weighted by Crippen LogP contribution is 2.27. The first-order chi connectivity index (χ1) is 21.4. The minimum atomic E-state index is -5.06. The number of aliphatic hydroxyl groups is 6. The maximum absolute atomic E-state index is 11.5. The van der Waals surface area contributed by atoms with Crippen molar-refractivity contribution in [1.29, 1.82) is 0 Å². The minimum Gasteiger partial charge on any atom is -0.757 e. The quantitative estimate of drug-likeness (QED) is 0.0229. The molecule has 0 aromatic carbocycles. The molecule has 0 saturated carbocycles. The Labute approximate surface area is 277 Å². The van der Waals surface area contributed by atoms with Crippen LogP contribution in [-0.4, -0.2) is 110 Å². The molecule has 0 aliphatic carbocycles. The first kappa shape index (κ1) is 45.7. The fraction of sp³-hybridized carbons (Fsp3) is 0.931. The second-order valence-corrected chi connectivity index (χ2v) is 15.6. The zero-order chi connectivity index (χ0) is 36.6. The Balaban J connectivity index is 5.33. The lowest BCUT2D eigenvalue weighted by atomic mass is 9.86. The molecule has 0 fully saturated rings. The van der Waals surface area contributed by atoms with E-state index in [9.17, 15) is 53.7 Å². The molecule has 0 amide bonds. The predicted molar refractivity (Wildman–Crippen MR) is 162 cm³/mol. The van der Waals surface area contributed by atoms with E-state index < -0.39 is 90.8 Å². The summed E-state index contributed by atoms with van der Waals surface area (Å²) in [5.41, 5.74) is -0.508. The van der Waals surface area contributed by atoms with Crippen LogP contribution in [0.5, 0.6) is 0 Å². The second kappa shape index (κ2) is 21.7. The van der Waals surface area contributed by atoms with Crippen molar-refractivity contribution in [2.75, 3.05) is 0 Å². The third-order valence-corrected chi connectivity index (χ3v) is 7.39. The van der Waals surface area contributed by atoms with Crippen LogP contribution in [0.2, 0.25) is 0 Å². The van der Waals surface area contributed by atoms with E-state index >= 15 is 0 Å². The van der Waals surface area contributed by atoms with Gasteiger partial charge in [-0.3, -0.25) is 9.44 Å².